The largest absolute Gasteiger partial charge is 0.353 e. The van der Waals surface area contributed by atoms with Gasteiger partial charge in [-0.3, -0.25) is 4.79 Å². The minimum Gasteiger partial charge on any atom is -0.353 e. The molecule has 1 aliphatic carbocycles. The predicted octanol–water partition coefficient (Wildman–Crippen LogP) is 1.37. The van der Waals surface area contributed by atoms with Crippen LogP contribution in [-0.4, -0.2) is 49.1 Å². The monoisotopic (exact) mass is 255 g/mol. The van der Waals surface area contributed by atoms with Crippen LogP contribution in [0.4, 0.5) is 0 Å². The van der Waals surface area contributed by atoms with Gasteiger partial charge in [0.1, 0.15) is 0 Å². The Balaban J connectivity index is 2.22. The van der Waals surface area contributed by atoms with Crippen molar-refractivity contribution in [3.63, 3.8) is 0 Å². The molecule has 1 fully saturated rings. The van der Waals surface area contributed by atoms with Gasteiger partial charge in [-0.2, -0.15) is 0 Å². The Bertz CT molecular complexity index is 260. The highest BCUT2D eigenvalue weighted by atomic mass is 16.2. The van der Waals surface area contributed by atoms with E-state index in [0.29, 0.717) is 0 Å². The van der Waals surface area contributed by atoms with E-state index in [2.05, 4.69) is 22.6 Å². The second-order valence-electron chi connectivity index (χ2n) is 5.83. The maximum atomic E-state index is 12.0. The predicted molar refractivity (Wildman–Crippen MR) is 75.7 cm³/mol. The summed E-state index contributed by atoms with van der Waals surface area (Å²) in [5.74, 6) is 0.0872. The molecule has 106 valence electrons. The minimum atomic E-state index is -0.472. The molecule has 0 atom stereocenters. The highest BCUT2D eigenvalue weighted by Gasteiger charge is 2.26. The zero-order chi connectivity index (χ0) is 13.6. The normalized spacial score (nSPS) is 17.4. The molecule has 0 bridgehead atoms. The van der Waals surface area contributed by atoms with E-state index < -0.39 is 5.54 Å². The van der Waals surface area contributed by atoms with Crippen LogP contribution in [0.15, 0.2) is 0 Å². The lowest BCUT2D eigenvalue weighted by atomic mass is 10.0. The number of carbonyl (C=O) groups excluding carboxylic acids is 1. The number of amides is 1. The molecule has 4 heteroatoms. The molecule has 1 rings (SSSR count). The molecule has 0 unspecified atom stereocenters. The van der Waals surface area contributed by atoms with Gasteiger partial charge in [0.2, 0.25) is 5.91 Å². The van der Waals surface area contributed by atoms with Crippen LogP contribution in [0.3, 0.4) is 0 Å². The average molecular weight is 255 g/mol. The third-order valence-corrected chi connectivity index (χ3v) is 3.88. The topological polar surface area (TPSA) is 44.4 Å². The smallest absolute Gasteiger partial charge is 0.239 e. The van der Waals surface area contributed by atoms with Gasteiger partial charge in [-0.1, -0.05) is 19.8 Å². The van der Waals surface area contributed by atoms with E-state index >= 15 is 0 Å². The van der Waals surface area contributed by atoms with Crippen molar-refractivity contribution in [2.75, 3.05) is 26.7 Å². The van der Waals surface area contributed by atoms with Crippen molar-refractivity contribution >= 4 is 5.91 Å². The van der Waals surface area contributed by atoms with Crippen LogP contribution in [0.25, 0.3) is 0 Å². The Labute approximate surface area is 111 Å². The van der Waals surface area contributed by atoms with E-state index in [1.165, 1.54) is 25.7 Å². The van der Waals surface area contributed by atoms with E-state index in [1.807, 2.05) is 20.8 Å². The lowest BCUT2D eigenvalue weighted by Gasteiger charge is -2.27. The highest BCUT2D eigenvalue weighted by Crippen LogP contribution is 2.21. The van der Waals surface area contributed by atoms with E-state index in [-0.39, 0.29) is 5.91 Å². The summed E-state index contributed by atoms with van der Waals surface area (Å²) >= 11 is 0. The van der Waals surface area contributed by atoms with Crippen molar-refractivity contribution in [3.05, 3.63) is 0 Å². The van der Waals surface area contributed by atoms with Crippen LogP contribution < -0.4 is 10.6 Å². The van der Waals surface area contributed by atoms with Crippen LogP contribution in [0.1, 0.15) is 46.5 Å². The molecule has 0 aromatic carbocycles. The van der Waals surface area contributed by atoms with Gasteiger partial charge < -0.3 is 15.5 Å². The molecular formula is C14H29N3O. The van der Waals surface area contributed by atoms with Gasteiger partial charge in [0, 0.05) is 19.1 Å². The van der Waals surface area contributed by atoms with Gasteiger partial charge in [0.05, 0.1) is 5.54 Å². The van der Waals surface area contributed by atoms with Crippen molar-refractivity contribution in [2.24, 2.45) is 0 Å². The van der Waals surface area contributed by atoms with E-state index in [9.17, 15) is 4.79 Å². The van der Waals surface area contributed by atoms with Crippen molar-refractivity contribution in [1.29, 1.82) is 0 Å². The summed E-state index contributed by atoms with van der Waals surface area (Å²) in [4.78, 5) is 14.3. The molecule has 4 nitrogen and oxygen atoms in total. The maximum Gasteiger partial charge on any atom is 0.239 e. The third-order valence-electron chi connectivity index (χ3n) is 3.88. The molecule has 1 saturated carbocycles. The summed E-state index contributed by atoms with van der Waals surface area (Å²) in [5.41, 5.74) is -0.472. The van der Waals surface area contributed by atoms with Crippen LogP contribution >= 0.6 is 0 Å². The third kappa shape index (κ3) is 4.58. The van der Waals surface area contributed by atoms with Gasteiger partial charge >= 0.3 is 0 Å². The summed E-state index contributed by atoms with van der Waals surface area (Å²) in [7, 11) is 2.16. The molecule has 0 aromatic rings. The number of nitrogens with zero attached hydrogens (tertiary/aromatic N) is 1. The van der Waals surface area contributed by atoms with Gasteiger partial charge in [0.15, 0.2) is 0 Å². The molecule has 0 radical (unpaired) electrons. The quantitative estimate of drug-likeness (QED) is 0.722. The lowest BCUT2D eigenvalue weighted by Crippen LogP contribution is -2.53. The number of carbonyl (C=O) groups is 1. The summed E-state index contributed by atoms with van der Waals surface area (Å²) in [6.45, 7) is 8.35. The molecule has 1 aliphatic rings. The molecule has 0 aromatic heterocycles. The summed E-state index contributed by atoms with van der Waals surface area (Å²) < 4.78 is 0. The fourth-order valence-corrected chi connectivity index (χ4v) is 2.62. The Kier molecular flexibility index (Phi) is 6.09. The van der Waals surface area contributed by atoms with Crippen molar-refractivity contribution < 1.29 is 4.79 Å². The Morgan fingerprint density at radius 2 is 1.94 bits per heavy atom. The number of rotatable bonds is 7. The minimum absolute atomic E-state index is 0.0872. The van der Waals surface area contributed by atoms with Crippen molar-refractivity contribution in [1.82, 2.24) is 15.5 Å². The SMILES string of the molecule is CCNC(C)(C)C(=O)NCCN(C)C1CCCC1. The van der Waals surface area contributed by atoms with Crippen molar-refractivity contribution in [2.45, 2.75) is 58.0 Å². The second-order valence-corrected chi connectivity index (χ2v) is 5.83. The standard InChI is InChI=1S/C14H29N3O/c1-5-16-14(2,3)13(18)15-10-11-17(4)12-8-6-7-9-12/h12,16H,5-11H2,1-4H3,(H,15,18). The zero-order valence-electron chi connectivity index (χ0n) is 12.4. The first-order chi connectivity index (χ1) is 8.47. The fourth-order valence-electron chi connectivity index (χ4n) is 2.62. The first kappa shape index (κ1) is 15.4. The average Bonchev–Trinajstić information content (AvgIpc) is 2.82. The molecule has 2 N–H and O–H groups in total. The molecule has 18 heavy (non-hydrogen) atoms. The van der Waals surface area contributed by atoms with Crippen LogP contribution in [0.5, 0.6) is 0 Å². The van der Waals surface area contributed by atoms with Gasteiger partial charge in [-0.15, -0.1) is 0 Å². The molecule has 0 saturated heterocycles. The first-order valence-corrected chi connectivity index (χ1v) is 7.21. The van der Waals surface area contributed by atoms with E-state index in [1.54, 1.807) is 0 Å². The van der Waals surface area contributed by atoms with Crippen LogP contribution in [0, 0.1) is 0 Å². The maximum absolute atomic E-state index is 12.0. The summed E-state index contributed by atoms with van der Waals surface area (Å²) in [5, 5.41) is 6.21. The Hall–Kier alpha value is -0.610. The number of nitrogens with one attached hydrogen (secondary N) is 2. The molecule has 0 heterocycles. The molecule has 0 spiro atoms. The molecular weight excluding hydrogens is 226 g/mol. The second kappa shape index (κ2) is 7.10. The fraction of sp³-hybridized carbons (Fsp3) is 0.929. The summed E-state index contributed by atoms with van der Waals surface area (Å²) in [6.07, 6.45) is 5.34. The van der Waals surface area contributed by atoms with Crippen LogP contribution in [0.2, 0.25) is 0 Å². The van der Waals surface area contributed by atoms with Crippen molar-refractivity contribution in [3.8, 4) is 0 Å². The Morgan fingerprint density at radius 1 is 1.33 bits per heavy atom. The zero-order valence-corrected chi connectivity index (χ0v) is 12.4. The van der Waals surface area contributed by atoms with Crippen LogP contribution in [-0.2, 0) is 4.79 Å². The molecule has 0 aliphatic heterocycles. The Morgan fingerprint density at radius 3 is 2.50 bits per heavy atom. The van der Waals surface area contributed by atoms with Gasteiger partial charge in [0.25, 0.3) is 0 Å². The summed E-state index contributed by atoms with van der Waals surface area (Å²) in [6, 6.07) is 0.726. The number of hydrogen-bond donors (Lipinski definition) is 2. The first-order valence-electron chi connectivity index (χ1n) is 7.21. The lowest BCUT2D eigenvalue weighted by molar-refractivity contribution is -0.126. The highest BCUT2D eigenvalue weighted by molar-refractivity contribution is 5.85. The number of hydrogen-bond acceptors (Lipinski definition) is 3. The number of likely N-dealkylation sites (N-methyl/N-ethyl adjacent to an activating group) is 2. The van der Waals surface area contributed by atoms with E-state index in [4.69, 9.17) is 0 Å². The van der Waals surface area contributed by atoms with Gasteiger partial charge in [-0.25, -0.2) is 0 Å². The van der Waals surface area contributed by atoms with Gasteiger partial charge in [-0.05, 0) is 40.3 Å². The van der Waals surface area contributed by atoms with E-state index in [0.717, 1.165) is 25.7 Å². The molecule has 1 amide bonds.